The molecule has 0 saturated heterocycles. The van der Waals surface area contributed by atoms with Gasteiger partial charge < -0.3 is 20.1 Å². The summed E-state index contributed by atoms with van der Waals surface area (Å²) in [6.07, 6.45) is 2.03. The molecular weight excluding hydrogens is 680 g/mol. The van der Waals surface area contributed by atoms with Crippen LogP contribution in [-0.4, -0.2) is 76.5 Å². The summed E-state index contributed by atoms with van der Waals surface area (Å²) in [4.78, 5) is 28.5. The van der Waals surface area contributed by atoms with Crippen molar-refractivity contribution in [1.82, 2.24) is 25.1 Å². The van der Waals surface area contributed by atoms with Gasteiger partial charge in [0.25, 0.3) is 0 Å². The van der Waals surface area contributed by atoms with Gasteiger partial charge >= 0.3 is 5.97 Å². The molecule has 0 saturated carbocycles. The van der Waals surface area contributed by atoms with Crippen LogP contribution in [0.15, 0.2) is 53.6 Å². The topological polar surface area (TPSA) is 165 Å². The number of para-hydroxylation sites is 1. The molecule has 16 heteroatoms. The second-order valence-corrected chi connectivity index (χ2v) is 13.5. The zero-order valence-electron chi connectivity index (χ0n) is 27.8. The number of nitrogens with zero attached hydrogens (tertiary/aromatic N) is 9. The maximum atomic E-state index is 14.7. The number of unbranched alkanes of at least 4 members (excludes halogenated alkanes) is 1. The van der Waals surface area contributed by atoms with E-state index in [1.807, 2.05) is 61.2 Å². The number of rotatable bonds is 16. The van der Waals surface area contributed by atoms with E-state index in [1.165, 1.54) is 28.7 Å². The van der Waals surface area contributed by atoms with Crippen molar-refractivity contribution >= 4 is 60.8 Å². The molecule has 0 atom stereocenters. The largest absolute Gasteiger partial charge is 0.491 e. The first-order valence-corrected chi connectivity index (χ1v) is 17.4. The SMILES string of the molecule is Cc1cc(N(CCCCN=[N+]=[N-])c2nc(C(=O)O)c(CCCOc3ccc(C#CCN(C)C)cc3F)s2)nnc1Nc1nc2ccccc2s1. The highest BCUT2D eigenvalue weighted by Gasteiger charge is 2.23. The van der Waals surface area contributed by atoms with Crippen molar-refractivity contribution in [2.75, 3.05) is 50.6 Å². The van der Waals surface area contributed by atoms with Crippen molar-refractivity contribution in [3.8, 4) is 17.6 Å². The van der Waals surface area contributed by atoms with E-state index in [1.54, 1.807) is 12.1 Å². The van der Waals surface area contributed by atoms with Crippen LogP contribution in [0.25, 0.3) is 20.7 Å². The lowest BCUT2D eigenvalue weighted by atomic mass is 10.2. The molecule has 0 aliphatic heterocycles. The average Bonchev–Trinajstić information content (AvgIpc) is 3.70. The number of carboxylic acids is 1. The molecule has 50 heavy (non-hydrogen) atoms. The predicted octanol–water partition coefficient (Wildman–Crippen LogP) is 7.59. The molecule has 0 spiro atoms. The summed E-state index contributed by atoms with van der Waals surface area (Å²) in [5, 5.41) is 26.9. The molecule has 2 aromatic carbocycles. The van der Waals surface area contributed by atoms with Gasteiger partial charge in [0, 0.05) is 28.4 Å². The number of carboxylic acid groups (broad SMARTS) is 1. The Morgan fingerprint density at radius 3 is 2.70 bits per heavy atom. The number of hydrogen-bond donors (Lipinski definition) is 2. The third-order valence-corrected chi connectivity index (χ3v) is 9.30. The maximum absolute atomic E-state index is 14.7. The van der Waals surface area contributed by atoms with Crippen molar-refractivity contribution in [2.24, 2.45) is 5.11 Å². The smallest absolute Gasteiger partial charge is 0.355 e. The highest BCUT2D eigenvalue weighted by Crippen LogP contribution is 2.34. The molecule has 258 valence electrons. The number of anilines is 4. The summed E-state index contributed by atoms with van der Waals surface area (Å²) in [6.45, 7) is 3.40. The molecule has 3 aromatic heterocycles. The zero-order valence-corrected chi connectivity index (χ0v) is 29.4. The lowest BCUT2D eigenvalue weighted by molar-refractivity contribution is 0.0690. The molecule has 3 heterocycles. The Hall–Kier alpha value is -5.33. The number of fused-ring (bicyclic) bond motifs is 1. The molecule has 0 fully saturated rings. The average molecular weight is 715 g/mol. The van der Waals surface area contributed by atoms with Crippen LogP contribution in [0.1, 0.15) is 45.8 Å². The predicted molar refractivity (Wildman–Crippen MR) is 195 cm³/mol. The molecule has 5 aromatic rings. The quantitative estimate of drug-likeness (QED) is 0.0342. The highest BCUT2D eigenvalue weighted by molar-refractivity contribution is 7.22. The minimum atomic E-state index is -1.15. The lowest BCUT2D eigenvalue weighted by Crippen LogP contribution is -2.21. The fraction of sp³-hybridized carbons (Fsp3) is 0.324. The summed E-state index contributed by atoms with van der Waals surface area (Å²) < 4.78 is 21.4. The van der Waals surface area contributed by atoms with Gasteiger partial charge in [-0.3, -0.25) is 4.90 Å². The van der Waals surface area contributed by atoms with Crippen molar-refractivity contribution in [3.05, 3.63) is 86.5 Å². The van der Waals surface area contributed by atoms with Crippen LogP contribution >= 0.6 is 22.7 Å². The summed E-state index contributed by atoms with van der Waals surface area (Å²) in [5.74, 6) is 5.38. The van der Waals surface area contributed by atoms with Gasteiger partial charge in [-0.15, -0.1) is 21.5 Å². The van der Waals surface area contributed by atoms with Crippen molar-refractivity contribution in [2.45, 2.75) is 32.6 Å². The number of carbonyl (C=O) groups is 1. The standard InChI is InChI=1S/C34H35FN10O3S2/c1-22-20-29(41-42-31(22)40-33-38-25-11-4-5-12-27(25)49-33)45(18-7-6-16-37-43-36)34-39-30(32(46)47)28(50-34)13-9-19-48-26-15-14-23(21-24(26)35)10-8-17-44(2)3/h4-5,11-12,14-15,20-21H,6-7,9,13,16-19H2,1-3H3,(H,46,47)(H,38,40,42). The van der Waals surface area contributed by atoms with Gasteiger partial charge in [0.15, 0.2) is 39.2 Å². The number of halogens is 1. The van der Waals surface area contributed by atoms with E-state index in [-0.39, 0.29) is 18.1 Å². The number of aryl methyl sites for hydroxylation is 2. The van der Waals surface area contributed by atoms with Gasteiger partial charge in [0.05, 0.1) is 23.4 Å². The van der Waals surface area contributed by atoms with E-state index in [0.717, 1.165) is 15.8 Å². The number of ether oxygens (including phenoxy) is 1. The number of benzene rings is 2. The van der Waals surface area contributed by atoms with Crippen molar-refractivity contribution in [3.63, 3.8) is 0 Å². The Bertz CT molecular complexity index is 2030. The van der Waals surface area contributed by atoms with Crippen molar-refractivity contribution in [1.29, 1.82) is 0 Å². The Morgan fingerprint density at radius 1 is 1.12 bits per heavy atom. The minimum Gasteiger partial charge on any atom is -0.491 e. The van der Waals surface area contributed by atoms with E-state index in [2.05, 4.69) is 47.3 Å². The molecule has 0 amide bonds. The van der Waals surface area contributed by atoms with Gasteiger partial charge in [-0.2, -0.15) is 0 Å². The van der Waals surface area contributed by atoms with Gasteiger partial charge in [-0.1, -0.05) is 40.4 Å². The number of nitrogens with one attached hydrogen (secondary N) is 1. The number of thiazole rings is 2. The van der Waals surface area contributed by atoms with Gasteiger partial charge in [-0.05, 0) is 94.2 Å². The van der Waals surface area contributed by atoms with E-state index in [0.29, 0.717) is 77.7 Å². The van der Waals surface area contributed by atoms with E-state index >= 15 is 0 Å². The van der Waals surface area contributed by atoms with E-state index in [9.17, 15) is 14.3 Å². The van der Waals surface area contributed by atoms with E-state index < -0.39 is 11.8 Å². The highest BCUT2D eigenvalue weighted by atomic mass is 32.1. The minimum absolute atomic E-state index is 0.0604. The van der Waals surface area contributed by atoms with Crippen LogP contribution in [0, 0.1) is 24.6 Å². The molecule has 0 aliphatic rings. The summed E-state index contributed by atoms with van der Waals surface area (Å²) in [5.41, 5.74) is 10.9. The van der Waals surface area contributed by atoms with Gasteiger partial charge in [-0.25, -0.2) is 19.2 Å². The summed E-state index contributed by atoms with van der Waals surface area (Å²) in [6, 6.07) is 14.3. The first kappa shape index (κ1) is 36.0. The van der Waals surface area contributed by atoms with Crippen LogP contribution in [-0.2, 0) is 6.42 Å². The normalized spacial score (nSPS) is 10.8. The van der Waals surface area contributed by atoms with Gasteiger partial charge in [0.2, 0.25) is 0 Å². The van der Waals surface area contributed by atoms with E-state index in [4.69, 9.17) is 10.3 Å². The maximum Gasteiger partial charge on any atom is 0.355 e. The zero-order chi connectivity index (χ0) is 35.5. The number of hydrogen-bond acceptors (Lipinski definition) is 12. The summed E-state index contributed by atoms with van der Waals surface area (Å²) in [7, 11) is 3.81. The molecule has 0 bridgehead atoms. The number of aromatic carboxylic acids is 1. The van der Waals surface area contributed by atoms with Crippen LogP contribution in [0.3, 0.4) is 0 Å². The fourth-order valence-electron chi connectivity index (χ4n) is 4.76. The third kappa shape index (κ3) is 9.64. The van der Waals surface area contributed by atoms with Crippen LogP contribution in [0.4, 0.5) is 26.3 Å². The summed E-state index contributed by atoms with van der Waals surface area (Å²) >= 11 is 2.76. The number of aromatic nitrogens is 4. The van der Waals surface area contributed by atoms with Crippen LogP contribution < -0.4 is 15.0 Å². The Balaban J connectivity index is 1.30. The Labute approximate surface area is 296 Å². The molecule has 2 N–H and O–H groups in total. The second kappa shape index (κ2) is 17.4. The third-order valence-electron chi connectivity index (χ3n) is 7.21. The Kier molecular flexibility index (Phi) is 12.5. The first-order valence-electron chi connectivity index (χ1n) is 15.8. The fourth-order valence-corrected chi connectivity index (χ4v) is 6.75. The molecule has 13 nitrogen and oxygen atoms in total. The molecular formula is C34H35FN10O3S2. The second-order valence-electron chi connectivity index (χ2n) is 11.4. The molecule has 0 radical (unpaired) electrons. The van der Waals surface area contributed by atoms with Crippen LogP contribution in [0.2, 0.25) is 0 Å². The Morgan fingerprint density at radius 2 is 1.96 bits per heavy atom. The first-order chi connectivity index (χ1) is 24.2. The lowest BCUT2D eigenvalue weighted by Gasteiger charge is -2.21. The van der Waals surface area contributed by atoms with Gasteiger partial charge in [0.1, 0.15) is 0 Å². The molecule has 0 aliphatic carbocycles. The molecule has 0 unspecified atom stereocenters. The van der Waals surface area contributed by atoms with Crippen molar-refractivity contribution < 1.29 is 19.0 Å². The molecule has 5 rings (SSSR count). The monoisotopic (exact) mass is 714 g/mol. The number of azide groups is 1. The van der Waals surface area contributed by atoms with Crippen LogP contribution in [0.5, 0.6) is 5.75 Å².